The fourth-order valence-corrected chi connectivity index (χ4v) is 8.53. The summed E-state index contributed by atoms with van der Waals surface area (Å²) in [6.45, 7) is 0. The van der Waals surface area contributed by atoms with E-state index in [0.717, 1.165) is 50.1 Å². The van der Waals surface area contributed by atoms with Gasteiger partial charge in [-0.3, -0.25) is 0 Å². The Morgan fingerprint density at radius 1 is 0.321 bits per heavy atom. The van der Waals surface area contributed by atoms with Crippen LogP contribution >= 0.6 is 0 Å². The molecular formula is C54H35NO. The first-order valence-corrected chi connectivity index (χ1v) is 19.2. The largest absolute Gasteiger partial charge is 0.455 e. The molecule has 262 valence electrons. The summed E-state index contributed by atoms with van der Waals surface area (Å²) in [5.74, 6) is 0. The lowest BCUT2D eigenvalue weighted by Gasteiger charge is -2.28. The normalized spacial score (nSPS) is 11.6. The maximum absolute atomic E-state index is 6.76. The Bertz CT molecular complexity index is 3230. The third kappa shape index (κ3) is 5.34. The zero-order valence-electron chi connectivity index (χ0n) is 30.6. The van der Waals surface area contributed by atoms with Gasteiger partial charge in [-0.2, -0.15) is 0 Å². The predicted molar refractivity (Wildman–Crippen MR) is 237 cm³/mol. The third-order valence-corrected chi connectivity index (χ3v) is 11.3. The molecule has 2 nitrogen and oxygen atoms in total. The van der Waals surface area contributed by atoms with Gasteiger partial charge in [-0.1, -0.05) is 170 Å². The SMILES string of the molecule is c1ccc(-c2ccc(N(c3ccc(-c4ccc5c(ccc6ccccc65)c4)cc3)c3ccccc3-c3cccc4c3oc3ccc5ccccc5c34)cc2)cc1. The minimum absolute atomic E-state index is 0.894. The van der Waals surface area contributed by atoms with Gasteiger partial charge >= 0.3 is 0 Å². The van der Waals surface area contributed by atoms with Crippen molar-refractivity contribution in [3.63, 3.8) is 0 Å². The molecular weight excluding hydrogens is 679 g/mol. The second kappa shape index (κ2) is 13.2. The van der Waals surface area contributed by atoms with Gasteiger partial charge in [0, 0.05) is 33.3 Å². The first kappa shape index (κ1) is 32.0. The van der Waals surface area contributed by atoms with Crippen LogP contribution in [0.3, 0.4) is 0 Å². The van der Waals surface area contributed by atoms with E-state index in [1.807, 2.05) is 0 Å². The van der Waals surface area contributed by atoms with E-state index >= 15 is 0 Å². The fourth-order valence-electron chi connectivity index (χ4n) is 8.53. The molecule has 0 aliphatic heterocycles. The number of rotatable bonds is 6. The summed E-state index contributed by atoms with van der Waals surface area (Å²) in [7, 11) is 0. The van der Waals surface area contributed by atoms with E-state index in [-0.39, 0.29) is 0 Å². The number of para-hydroxylation sites is 2. The summed E-state index contributed by atoms with van der Waals surface area (Å²) >= 11 is 0. The third-order valence-electron chi connectivity index (χ3n) is 11.3. The van der Waals surface area contributed by atoms with Crippen molar-refractivity contribution in [1.29, 1.82) is 0 Å². The lowest BCUT2D eigenvalue weighted by molar-refractivity contribution is 0.670. The lowest BCUT2D eigenvalue weighted by Crippen LogP contribution is -2.11. The zero-order chi connectivity index (χ0) is 37.0. The van der Waals surface area contributed by atoms with Crippen molar-refractivity contribution in [3.8, 4) is 33.4 Å². The molecule has 0 spiro atoms. The molecule has 0 unspecified atom stereocenters. The minimum atomic E-state index is 0.894. The van der Waals surface area contributed by atoms with Crippen molar-refractivity contribution in [2.45, 2.75) is 0 Å². The number of furan rings is 1. The van der Waals surface area contributed by atoms with E-state index in [1.54, 1.807) is 0 Å². The molecule has 0 fully saturated rings. The van der Waals surface area contributed by atoms with Gasteiger partial charge in [-0.05, 0) is 97.0 Å². The van der Waals surface area contributed by atoms with Crippen molar-refractivity contribution in [3.05, 3.63) is 212 Å². The molecule has 0 aliphatic carbocycles. The summed E-state index contributed by atoms with van der Waals surface area (Å²) in [6, 6.07) is 76.4. The topological polar surface area (TPSA) is 16.4 Å². The first-order valence-electron chi connectivity index (χ1n) is 19.2. The number of anilines is 3. The molecule has 10 aromatic carbocycles. The summed E-state index contributed by atoms with van der Waals surface area (Å²) in [6.07, 6.45) is 0. The van der Waals surface area contributed by atoms with Gasteiger partial charge in [-0.25, -0.2) is 0 Å². The van der Waals surface area contributed by atoms with E-state index in [9.17, 15) is 0 Å². The smallest absolute Gasteiger partial charge is 0.143 e. The van der Waals surface area contributed by atoms with Crippen LogP contribution in [0.5, 0.6) is 0 Å². The van der Waals surface area contributed by atoms with E-state index in [4.69, 9.17) is 4.42 Å². The van der Waals surface area contributed by atoms with Crippen molar-refractivity contribution in [2.24, 2.45) is 0 Å². The van der Waals surface area contributed by atoms with E-state index in [2.05, 4.69) is 217 Å². The Hall–Kier alpha value is -7.42. The van der Waals surface area contributed by atoms with Crippen molar-refractivity contribution in [2.75, 3.05) is 4.90 Å². The zero-order valence-corrected chi connectivity index (χ0v) is 30.6. The molecule has 0 bridgehead atoms. The van der Waals surface area contributed by atoms with E-state index < -0.39 is 0 Å². The molecule has 0 saturated heterocycles. The van der Waals surface area contributed by atoms with Gasteiger partial charge in [0.05, 0.1) is 5.69 Å². The van der Waals surface area contributed by atoms with Crippen LogP contribution in [0.1, 0.15) is 0 Å². The molecule has 0 amide bonds. The second-order valence-electron chi connectivity index (χ2n) is 14.5. The van der Waals surface area contributed by atoms with Gasteiger partial charge in [0.2, 0.25) is 0 Å². The second-order valence-corrected chi connectivity index (χ2v) is 14.5. The first-order chi connectivity index (χ1) is 27.8. The molecule has 0 aliphatic rings. The average Bonchev–Trinajstić information content (AvgIpc) is 3.67. The summed E-state index contributed by atoms with van der Waals surface area (Å²) in [5.41, 5.74) is 11.9. The molecule has 2 heteroatoms. The van der Waals surface area contributed by atoms with Gasteiger partial charge in [0.1, 0.15) is 11.2 Å². The van der Waals surface area contributed by atoms with Crippen LogP contribution in [0.2, 0.25) is 0 Å². The predicted octanol–water partition coefficient (Wildman–Crippen LogP) is 15.5. The van der Waals surface area contributed by atoms with Crippen LogP contribution in [0.25, 0.3) is 87.6 Å². The lowest BCUT2D eigenvalue weighted by atomic mass is 9.96. The van der Waals surface area contributed by atoms with E-state index in [1.165, 1.54) is 54.6 Å². The van der Waals surface area contributed by atoms with Gasteiger partial charge in [0.25, 0.3) is 0 Å². The van der Waals surface area contributed by atoms with Crippen LogP contribution < -0.4 is 4.90 Å². The van der Waals surface area contributed by atoms with Crippen molar-refractivity contribution >= 4 is 71.3 Å². The number of benzene rings is 10. The molecule has 1 heterocycles. The molecule has 0 atom stereocenters. The quantitative estimate of drug-likeness (QED) is 0.160. The summed E-state index contributed by atoms with van der Waals surface area (Å²) < 4.78 is 6.76. The molecule has 0 N–H and O–H groups in total. The van der Waals surface area contributed by atoms with Crippen LogP contribution in [0, 0.1) is 0 Å². The van der Waals surface area contributed by atoms with Gasteiger partial charge < -0.3 is 9.32 Å². The van der Waals surface area contributed by atoms with Crippen LogP contribution in [-0.4, -0.2) is 0 Å². The van der Waals surface area contributed by atoms with Crippen LogP contribution in [-0.2, 0) is 0 Å². The molecule has 11 aromatic rings. The van der Waals surface area contributed by atoms with Crippen molar-refractivity contribution < 1.29 is 4.42 Å². The highest BCUT2D eigenvalue weighted by Crippen LogP contribution is 2.45. The van der Waals surface area contributed by atoms with Gasteiger partial charge in [0.15, 0.2) is 0 Å². The average molecular weight is 714 g/mol. The van der Waals surface area contributed by atoms with Crippen molar-refractivity contribution in [1.82, 2.24) is 0 Å². The number of hydrogen-bond acceptors (Lipinski definition) is 2. The highest BCUT2D eigenvalue weighted by Gasteiger charge is 2.21. The Balaban J connectivity index is 1.06. The van der Waals surface area contributed by atoms with Gasteiger partial charge in [-0.15, -0.1) is 0 Å². The highest BCUT2D eigenvalue weighted by atomic mass is 16.3. The maximum Gasteiger partial charge on any atom is 0.143 e. The molecule has 1 aromatic heterocycles. The van der Waals surface area contributed by atoms with Crippen LogP contribution in [0.15, 0.2) is 217 Å². The monoisotopic (exact) mass is 713 g/mol. The maximum atomic E-state index is 6.76. The molecule has 0 saturated carbocycles. The summed E-state index contributed by atoms with van der Waals surface area (Å²) in [5, 5.41) is 9.75. The number of hydrogen-bond donors (Lipinski definition) is 0. The Morgan fingerprint density at radius 2 is 0.857 bits per heavy atom. The number of fused-ring (bicyclic) bond motifs is 8. The Morgan fingerprint density at radius 3 is 1.64 bits per heavy atom. The fraction of sp³-hybridized carbons (Fsp3) is 0. The molecule has 11 rings (SSSR count). The molecule has 56 heavy (non-hydrogen) atoms. The van der Waals surface area contributed by atoms with Crippen LogP contribution in [0.4, 0.5) is 17.1 Å². The minimum Gasteiger partial charge on any atom is -0.455 e. The Labute approximate surface area is 325 Å². The van der Waals surface area contributed by atoms with E-state index in [0.29, 0.717) is 0 Å². The standard InChI is InChI=1S/C54H35NO/c1-2-11-36(12-3-1)37-23-29-43(30-24-37)55(44-31-25-38(26-32-44)41-27-33-46-42(35-41)22-21-39-13-4-6-15-45(39)46)51-20-9-8-17-48(51)49-18-10-19-50-53-47-16-7-5-14-40(47)28-34-52(53)56-54(49)50/h1-35H. The molecule has 0 radical (unpaired) electrons. The summed E-state index contributed by atoms with van der Waals surface area (Å²) in [4.78, 5) is 2.37. The highest BCUT2D eigenvalue weighted by molar-refractivity contribution is 6.21. The Kier molecular flexibility index (Phi) is 7.53. The number of nitrogens with zero attached hydrogens (tertiary/aromatic N) is 1.